The summed E-state index contributed by atoms with van der Waals surface area (Å²) in [5.74, 6) is -4.43. The summed E-state index contributed by atoms with van der Waals surface area (Å²) in [6.45, 7) is 5.21. The molecule has 50 heavy (non-hydrogen) atoms. The lowest BCUT2D eigenvalue weighted by Crippen LogP contribution is -2.75. The van der Waals surface area contributed by atoms with Gasteiger partial charge in [0.2, 0.25) is 5.91 Å². The van der Waals surface area contributed by atoms with Crippen molar-refractivity contribution in [2.45, 2.75) is 43.0 Å². The SMILES string of the molecule is C=C(C)C(C(=O)OC(c1ccccc1)c1ccccc1)N1C(=O)C(NC(=O)C(C(=O)OCc2ccc(OC)cc2)c2ccccc2)C1S(=O)O. The van der Waals surface area contributed by atoms with E-state index in [0.29, 0.717) is 22.4 Å². The van der Waals surface area contributed by atoms with Crippen LogP contribution < -0.4 is 10.1 Å². The third-order valence-electron chi connectivity index (χ3n) is 8.16. The Labute approximate surface area is 292 Å². The maximum absolute atomic E-state index is 13.8. The second-order valence-corrected chi connectivity index (χ2v) is 12.6. The molecule has 0 bridgehead atoms. The van der Waals surface area contributed by atoms with Gasteiger partial charge in [-0.05, 0) is 46.9 Å². The van der Waals surface area contributed by atoms with E-state index < -0.39 is 64.3 Å². The Morgan fingerprint density at radius 2 is 1.36 bits per heavy atom. The zero-order chi connectivity index (χ0) is 35.8. The zero-order valence-electron chi connectivity index (χ0n) is 27.3. The normalized spacial score (nSPS) is 17.1. The van der Waals surface area contributed by atoms with Crippen molar-refractivity contribution in [3.8, 4) is 5.75 Å². The summed E-state index contributed by atoms with van der Waals surface area (Å²) >= 11 is -2.74. The number of β-lactam (4-membered cyclic amide) rings is 1. The first-order valence-electron chi connectivity index (χ1n) is 15.6. The molecule has 0 aliphatic carbocycles. The van der Waals surface area contributed by atoms with Crippen LogP contribution in [0.25, 0.3) is 0 Å². The van der Waals surface area contributed by atoms with E-state index in [4.69, 9.17) is 14.2 Å². The maximum Gasteiger partial charge on any atom is 0.334 e. The van der Waals surface area contributed by atoms with Crippen molar-refractivity contribution in [3.63, 3.8) is 0 Å². The number of likely N-dealkylation sites (tertiary alicyclic amines) is 1. The topological polar surface area (TPSA) is 149 Å². The number of carbonyl (C=O) groups is 4. The van der Waals surface area contributed by atoms with E-state index in [1.807, 2.05) is 12.1 Å². The summed E-state index contributed by atoms with van der Waals surface area (Å²) in [6, 6.07) is 29.9. The molecule has 0 aromatic heterocycles. The number of nitrogens with one attached hydrogen (secondary N) is 1. The van der Waals surface area contributed by atoms with E-state index in [0.717, 1.165) is 4.90 Å². The summed E-state index contributed by atoms with van der Waals surface area (Å²) in [5, 5.41) is 0.907. The molecule has 5 rings (SSSR count). The number of carbonyl (C=O) groups excluding carboxylic acids is 4. The highest BCUT2D eigenvalue weighted by Gasteiger charge is 2.57. The van der Waals surface area contributed by atoms with Crippen LogP contribution in [0.4, 0.5) is 0 Å². The highest BCUT2D eigenvalue weighted by molar-refractivity contribution is 7.80. The number of hydrogen-bond acceptors (Lipinski definition) is 8. The van der Waals surface area contributed by atoms with Gasteiger partial charge in [0, 0.05) is 0 Å². The van der Waals surface area contributed by atoms with Crippen molar-refractivity contribution in [1.82, 2.24) is 10.2 Å². The number of amides is 2. The minimum Gasteiger partial charge on any atom is -0.497 e. The largest absolute Gasteiger partial charge is 0.497 e. The average Bonchev–Trinajstić information content (AvgIpc) is 3.13. The molecule has 1 aliphatic rings. The molecule has 1 saturated heterocycles. The quantitative estimate of drug-likeness (QED) is 0.0631. The van der Waals surface area contributed by atoms with Gasteiger partial charge in [0.1, 0.15) is 18.4 Å². The lowest BCUT2D eigenvalue weighted by Gasteiger charge is -2.48. The molecule has 5 atom stereocenters. The molecule has 4 aromatic rings. The highest BCUT2D eigenvalue weighted by Crippen LogP contribution is 2.33. The van der Waals surface area contributed by atoms with Crippen LogP contribution in [0, 0.1) is 0 Å². The van der Waals surface area contributed by atoms with Crippen LogP contribution >= 0.6 is 0 Å². The Bertz CT molecular complexity index is 1810. The van der Waals surface area contributed by atoms with E-state index in [1.54, 1.807) is 103 Å². The van der Waals surface area contributed by atoms with Gasteiger partial charge >= 0.3 is 11.9 Å². The Morgan fingerprint density at radius 3 is 1.84 bits per heavy atom. The van der Waals surface area contributed by atoms with Gasteiger partial charge < -0.3 is 29.0 Å². The molecule has 2 N–H and O–H groups in total. The molecule has 258 valence electrons. The number of ether oxygens (including phenoxy) is 3. The van der Waals surface area contributed by atoms with E-state index in [2.05, 4.69) is 11.9 Å². The maximum atomic E-state index is 13.8. The number of benzene rings is 4. The zero-order valence-corrected chi connectivity index (χ0v) is 28.2. The van der Waals surface area contributed by atoms with Crippen molar-refractivity contribution >= 4 is 34.8 Å². The van der Waals surface area contributed by atoms with Crippen LogP contribution in [-0.4, -0.2) is 62.0 Å². The molecular weight excluding hydrogens is 660 g/mol. The molecule has 0 spiro atoms. The fourth-order valence-electron chi connectivity index (χ4n) is 5.66. The van der Waals surface area contributed by atoms with E-state index in [-0.39, 0.29) is 17.7 Å². The lowest BCUT2D eigenvalue weighted by atomic mass is 9.95. The fraction of sp³-hybridized carbons (Fsp3) is 0.211. The van der Waals surface area contributed by atoms with E-state index >= 15 is 0 Å². The van der Waals surface area contributed by atoms with Crippen LogP contribution in [0.1, 0.15) is 41.2 Å². The predicted molar refractivity (Wildman–Crippen MR) is 185 cm³/mol. The first-order valence-corrected chi connectivity index (χ1v) is 16.8. The number of methoxy groups -OCH3 is 1. The van der Waals surface area contributed by atoms with Crippen molar-refractivity contribution < 1.29 is 42.2 Å². The molecule has 4 aromatic carbocycles. The number of hydrogen-bond donors (Lipinski definition) is 2. The Hall–Kier alpha value is -5.59. The second kappa shape index (κ2) is 16.2. The van der Waals surface area contributed by atoms with Crippen LogP contribution in [0.5, 0.6) is 5.75 Å². The molecule has 0 radical (unpaired) electrons. The molecular formula is C38H36N2O9S. The number of rotatable bonds is 14. The summed E-state index contributed by atoms with van der Waals surface area (Å²) in [7, 11) is 1.53. The molecule has 12 heteroatoms. The molecule has 0 saturated carbocycles. The van der Waals surface area contributed by atoms with Gasteiger partial charge in [-0.3, -0.25) is 14.4 Å². The highest BCUT2D eigenvalue weighted by atomic mass is 32.2. The van der Waals surface area contributed by atoms with Crippen molar-refractivity contribution in [2.24, 2.45) is 0 Å². The van der Waals surface area contributed by atoms with Crippen LogP contribution in [0.3, 0.4) is 0 Å². The minimum atomic E-state index is -2.74. The average molecular weight is 697 g/mol. The summed E-state index contributed by atoms with van der Waals surface area (Å²) < 4.78 is 39.7. The molecule has 1 heterocycles. The first-order chi connectivity index (χ1) is 24.1. The van der Waals surface area contributed by atoms with Gasteiger partial charge in [-0.25, -0.2) is 9.00 Å². The molecule has 1 fully saturated rings. The van der Waals surface area contributed by atoms with Crippen LogP contribution in [0.15, 0.2) is 127 Å². The first kappa shape index (κ1) is 35.7. The summed E-state index contributed by atoms with van der Waals surface area (Å²) in [4.78, 5) is 55.5. The molecule has 5 unspecified atom stereocenters. The van der Waals surface area contributed by atoms with Crippen molar-refractivity contribution in [2.75, 3.05) is 7.11 Å². The molecule has 2 amide bonds. The minimum absolute atomic E-state index is 0.145. The van der Waals surface area contributed by atoms with Gasteiger partial charge in [-0.2, -0.15) is 0 Å². The third-order valence-corrected chi connectivity index (χ3v) is 9.07. The van der Waals surface area contributed by atoms with Crippen molar-refractivity contribution in [3.05, 3.63) is 150 Å². The lowest BCUT2D eigenvalue weighted by molar-refractivity contribution is -0.165. The summed E-state index contributed by atoms with van der Waals surface area (Å²) in [5.41, 5.74) is 2.44. The van der Waals surface area contributed by atoms with Gasteiger partial charge in [-0.1, -0.05) is 110 Å². The number of nitrogens with zero attached hydrogens (tertiary/aromatic N) is 1. The Kier molecular flexibility index (Phi) is 11.6. The third kappa shape index (κ3) is 7.99. The second-order valence-electron chi connectivity index (χ2n) is 11.6. The van der Waals surface area contributed by atoms with Crippen LogP contribution in [-0.2, 0) is 46.3 Å². The number of esters is 2. The standard InChI is InChI=1S/C38H36N2O9S/c1-24(2)32(38(44)49-33(27-15-9-5-10-16-27)28-17-11-6-12-18-28)40-35(42)31(36(40)50(45)46)39-34(41)30(26-13-7-4-8-14-26)37(43)48-23-25-19-21-29(47-3)22-20-25/h4-22,30-33,36H,1,23H2,2-3H3,(H,39,41)(H,45,46). The van der Waals surface area contributed by atoms with Gasteiger partial charge in [-0.15, -0.1) is 0 Å². The smallest absolute Gasteiger partial charge is 0.334 e. The van der Waals surface area contributed by atoms with Crippen molar-refractivity contribution in [1.29, 1.82) is 0 Å². The monoisotopic (exact) mass is 696 g/mol. The van der Waals surface area contributed by atoms with Gasteiger partial charge in [0.05, 0.1) is 7.11 Å². The molecule has 11 nitrogen and oxygen atoms in total. The van der Waals surface area contributed by atoms with E-state index in [1.165, 1.54) is 14.0 Å². The molecule has 1 aliphatic heterocycles. The van der Waals surface area contributed by atoms with Crippen LogP contribution in [0.2, 0.25) is 0 Å². The fourth-order valence-corrected chi connectivity index (χ4v) is 6.50. The Morgan fingerprint density at radius 1 is 0.840 bits per heavy atom. The summed E-state index contributed by atoms with van der Waals surface area (Å²) in [6.07, 6.45) is -0.854. The van der Waals surface area contributed by atoms with E-state index in [9.17, 15) is 27.9 Å². The predicted octanol–water partition coefficient (Wildman–Crippen LogP) is 4.67. The van der Waals surface area contributed by atoms with Gasteiger partial charge in [0.25, 0.3) is 5.91 Å². The van der Waals surface area contributed by atoms with Gasteiger partial charge in [0.15, 0.2) is 34.5 Å². The Balaban J connectivity index is 1.35.